The molecule has 4 saturated carbocycles. The quantitative estimate of drug-likeness (QED) is 0.439. The van der Waals surface area contributed by atoms with Gasteiger partial charge in [-0.25, -0.2) is 0 Å². The van der Waals surface area contributed by atoms with E-state index in [-0.39, 0.29) is 11.7 Å². The van der Waals surface area contributed by atoms with E-state index in [1.807, 2.05) is 0 Å². The van der Waals surface area contributed by atoms with Gasteiger partial charge < -0.3 is 9.84 Å². The van der Waals surface area contributed by atoms with Gasteiger partial charge in [-0.15, -0.1) is 0 Å². The second-order valence-electron chi connectivity index (χ2n) is 12.4. The molecule has 2 nitrogen and oxygen atoms in total. The number of epoxide rings is 1. The number of hydrogen-bond donors (Lipinski definition) is 1. The van der Waals surface area contributed by atoms with Crippen molar-refractivity contribution >= 4 is 0 Å². The molecular weight excluding hydrogens is 344 g/mol. The highest BCUT2D eigenvalue weighted by Crippen LogP contribution is 2.74. The molecule has 4 aliphatic carbocycles. The van der Waals surface area contributed by atoms with Crippen LogP contribution in [0.5, 0.6) is 0 Å². The highest BCUT2D eigenvalue weighted by molar-refractivity contribution is 5.24. The lowest BCUT2D eigenvalue weighted by atomic mass is 9.44. The molecule has 160 valence electrons. The molecule has 1 heterocycles. The largest absolute Gasteiger partial charge is 0.393 e. The Hall–Kier alpha value is -0.0800. The van der Waals surface area contributed by atoms with Crippen molar-refractivity contribution in [1.29, 1.82) is 0 Å². The zero-order valence-electron chi connectivity index (χ0n) is 18.9. The molecule has 5 rings (SSSR count). The predicted octanol–water partition coefficient (Wildman–Crippen LogP) is 6.35. The molecule has 0 aromatic carbocycles. The Morgan fingerprint density at radius 3 is 2.61 bits per heavy atom. The third kappa shape index (κ3) is 2.72. The summed E-state index contributed by atoms with van der Waals surface area (Å²) >= 11 is 0. The van der Waals surface area contributed by atoms with Crippen molar-refractivity contribution < 1.29 is 9.84 Å². The van der Waals surface area contributed by atoms with Gasteiger partial charge in [-0.05, 0) is 86.4 Å². The Labute approximate surface area is 173 Å². The fraction of sp³-hybridized carbons (Fsp3) is 1.00. The Bertz CT molecular complexity index is 601. The smallest absolute Gasteiger partial charge is 0.103 e. The lowest BCUT2D eigenvalue weighted by Crippen LogP contribution is -2.58. The van der Waals surface area contributed by atoms with Gasteiger partial charge in [0.05, 0.1) is 12.2 Å². The van der Waals surface area contributed by atoms with Crippen molar-refractivity contribution in [3.63, 3.8) is 0 Å². The summed E-state index contributed by atoms with van der Waals surface area (Å²) < 4.78 is 6.48. The first kappa shape index (κ1) is 19.9. The number of aliphatic hydroxyl groups excluding tert-OH is 1. The van der Waals surface area contributed by atoms with Crippen LogP contribution < -0.4 is 0 Å². The molecule has 0 bridgehead atoms. The summed E-state index contributed by atoms with van der Waals surface area (Å²) in [6.07, 6.45) is 16.3. The average molecular weight is 389 g/mol. The van der Waals surface area contributed by atoms with Gasteiger partial charge in [0.25, 0.3) is 0 Å². The minimum absolute atomic E-state index is 0.0500. The van der Waals surface area contributed by atoms with Gasteiger partial charge in [-0.1, -0.05) is 47.0 Å². The average Bonchev–Trinajstić information content (AvgIpc) is 3.22. The first-order valence-corrected chi connectivity index (χ1v) is 12.7. The van der Waals surface area contributed by atoms with Gasteiger partial charge in [-0.3, -0.25) is 0 Å². The van der Waals surface area contributed by atoms with Crippen LogP contribution in [-0.4, -0.2) is 22.9 Å². The van der Waals surface area contributed by atoms with Crippen molar-refractivity contribution in [3.05, 3.63) is 0 Å². The maximum Gasteiger partial charge on any atom is 0.103 e. The molecule has 5 aliphatic rings. The lowest BCUT2D eigenvalue weighted by Gasteiger charge is -2.59. The molecule has 0 aromatic heterocycles. The van der Waals surface area contributed by atoms with Crippen molar-refractivity contribution in [2.45, 2.75) is 123 Å². The van der Waals surface area contributed by atoms with Crippen LogP contribution in [0.1, 0.15) is 105 Å². The van der Waals surface area contributed by atoms with E-state index in [0.29, 0.717) is 16.9 Å². The van der Waals surface area contributed by atoms with E-state index in [1.165, 1.54) is 64.2 Å². The van der Waals surface area contributed by atoms with E-state index in [9.17, 15) is 5.11 Å². The summed E-state index contributed by atoms with van der Waals surface area (Å²) in [5.74, 6) is 4.50. The van der Waals surface area contributed by atoms with Crippen LogP contribution in [0.3, 0.4) is 0 Å². The standard InChI is InChI=1S/C26H44O2/c1-17(2)7-5-6-8-18-9-10-21-20-15-23-26(28-23)16-19(27)11-14-25(26,4)22(20)12-13-24(18,21)3/h17-23,27H,5-16H2,1-4H3/t18?,19-,20?,21?,22?,23?,24?,25?,26?/m0/s1. The minimum Gasteiger partial charge on any atom is -0.393 e. The van der Waals surface area contributed by atoms with Crippen molar-refractivity contribution in [2.75, 3.05) is 0 Å². The fourth-order valence-electron chi connectivity index (χ4n) is 9.18. The first-order valence-electron chi connectivity index (χ1n) is 12.7. The van der Waals surface area contributed by atoms with Crippen LogP contribution in [-0.2, 0) is 4.74 Å². The maximum atomic E-state index is 10.3. The van der Waals surface area contributed by atoms with Crippen LogP contribution in [0, 0.1) is 40.4 Å². The van der Waals surface area contributed by atoms with Crippen LogP contribution in [0.2, 0.25) is 0 Å². The number of fused-ring (bicyclic) bond motifs is 4. The first-order chi connectivity index (χ1) is 13.3. The SMILES string of the molecule is CC(C)CCCCC1CCC2C3CC4OC45C[C@@H](O)CCC5(C)C3CCC12C. The van der Waals surface area contributed by atoms with E-state index in [1.54, 1.807) is 0 Å². The van der Waals surface area contributed by atoms with Gasteiger partial charge in [-0.2, -0.15) is 0 Å². The zero-order chi connectivity index (χ0) is 19.7. The molecule has 28 heavy (non-hydrogen) atoms. The zero-order valence-corrected chi connectivity index (χ0v) is 18.9. The van der Waals surface area contributed by atoms with E-state index in [2.05, 4.69) is 27.7 Å². The number of ether oxygens (including phenoxy) is 1. The van der Waals surface area contributed by atoms with E-state index in [0.717, 1.165) is 42.4 Å². The van der Waals surface area contributed by atoms with Crippen LogP contribution >= 0.6 is 0 Å². The molecule has 2 heteroatoms. The van der Waals surface area contributed by atoms with Gasteiger partial charge in [0.2, 0.25) is 0 Å². The Morgan fingerprint density at radius 1 is 1.00 bits per heavy atom. The lowest BCUT2D eigenvalue weighted by molar-refractivity contribution is -0.114. The van der Waals surface area contributed by atoms with Crippen LogP contribution in [0.15, 0.2) is 0 Å². The highest BCUT2D eigenvalue weighted by Gasteiger charge is 2.75. The molecular formula is C26H44O2. The Morgan fingerprint density at radius 2 is 1.82 bits per heavy atom. The molecule has 1 spiro atoms. The fourth-order valence-corrected chi connectivity index (χ4v) is 9.18. The number of rotatable bonds is 5. The summed E-state index contributed by atoms with van der Waals surface area (Å²) in [6.45, 7) is 9.96. The van der Waals surface area contributed by atoms with E-state index >= 15 is 0 Å². The predicted molar refractivity (Wildman–Crippen MR) is 114 cm³/mol. The molecule has 5 fully saturated rings. The number of unbranched alkanes of at least 4 members (excludes halogenated alkanes) is 1. The molecule has 0 radical (unpaired) electrons. The maximum absolute atomic E-state index is 10.3. The molecule has 0 amide bonds. The van der Waals surface area contributed by atoms with Gasteiger partial charge in [0.1, 0.15) is 5.60 Å². The van der Waals surface area contributed by atoms with Crippen LogP contribution in [0.25, 0.3) is 0 Å². The molecule has 0 aromatic rings. The molecule has 9 atom stereocenters. The minimum atomic E-state index is -0.120. The molecule has 1 N–H and O–H groups in total. The van der Waals surface area contributed by atoms with Gasteiger partial charge >= 0.3 is 0 Å². The van der Waals surface area contributed by atoms with Crippen molar-refractivity contribution in [2.24, 2.45) is 40.4 Å². The van der Waals surface area contributed by atoms with Crippen molar-refractivity contribution in [1.82, 2.24) is 0 Å². The highest BCUT2D eigenvalue weighted by atomic mass is 16.6. The van der Waals surface area contributed by atoms with E-state index < -0.39 is 0 Å². The Balaban J connectivity index is 1.30. The van der Waals surface area contributed by atoms with Crippen molar-refractivity contribution in [3.8, 4) is 0 Å². The summed E-state index contributed by atoms with van der Waals surface area (Å²) in [7, 11) is 0. The topological polar surface area (TPSA) is 32.8 Å². The molecule has 1 saturated heterocycles. The number of hydrogen-bond acceptors (Lipinski definition) is 2. The second kappa shape index (κ2) is 6.71. The summed E-state index contributed by atoms with van der Waals surface area (Å²) in [5, 5.41) is 10.3. The summed E-state index contributed by atoms with van der Waals surface area (Å²) in [5.41, 5.74) is 0.976. The van der Waals surface area contributed by atoms with Gasteiger partial charge in [0, 0.05) is 11.8 Å². The molecule has 1 aliphatic heterocycles. The normalized spacial score (nSPS) is 54.6. The van der Waals surface area contributed by atoms with Crippen LogP contribution in [0.4, 0.5) is 0 Å². The third-order valence-corrected chi connectivity index (χ3v) is 10.8. The Kier molecular flexibility index (Phi) is 4.76. The second-order valence-corrected chi connectivity index (χ2v) is 12.4. The van der Waals surface area contributed by atoms with E-state index in [4.69, 9.17) is 4.74 Å². The monoisotopic (exact) mass is 388 g/mol. The summed E-state index contributed by atoms with van der Waals surface area (Å²) in [4.78, 5) is 0. The number of aliphatic hydroxyl groups is 1. The third-order valence-electron chi connectivity index (χ3n) is 10.8. The molecule has 8 unspecified atom stereocenters. The summed E-state index contributed by atoms with van der Waals surface area (Å²) in [6, 6.07) is 0. The van der Waals surface area contributed by atoms with Gasteiger partial charge in [0.15, 0.2) is 0 Å².